The highest BCUT2D eigenvalue weighted by atomic mass is 16.2. The van der Waals surface area contributed by atoms with Crippen molar-refractivity contribution in [3.63, 3.8) is 0 Å². The lowest BCUT2D eigenvalue weighted by Crippen LogP contribution is -2.28. The average Bonchev–Trinajstić information content (AvgIpc) is 2.92. The van der Waals surface area contributed by atoms with Gasteiger partial charge in [-0.05, 0) is 37.1 Å². The first-order valence-corrected chi connectivity index (χ1v) is 7.92. The molecular formula is C19H21N3O. The summed E-state index contributed by atoms with van der Waals surface area (Å²) in [5.41, 5.74) is 4.34. The predicted molar refractivity (Wildman–Crippen MR) is 93.1 cm³/mol. The van der Waals surface area contributed by atoms with E-state index in [2.05, 4.69) is 11.9 Å². The van der Waals surface area contributed by atoms with Crippen molar-refractivity contribution in [1.82, 2.24) is 9.38 Å². The van der Waals surface area contributed by atoms with Crippen LogP contribution in [0, 0.1) is 6.92 Å². The molecule has 0 saturated carbocycles. The van der Waals surface area contributed by atoms with Gasteiger partial charge in [-0.25, -0.2) is 4.98 Å². The first kappa shape index (κ1) is 15.3. The van der Waals surface area contributed by atoms with Gasteiger partial charge in [0.25, 0.3) is 5.91 Å². The molecule has 0 fully saturated rings. The molecule has 1 aromatic carbocycles. The summed E-state index contributed by atoms with van der Waals surface area (Å²) in [6.45, 7) is 4.12. The number of imidazole rings is 1. The Balaban J connectivity index is 2.11. The fourth-order valence-electron chi connectivity index (χ4n) is 2.76. The Morgan fingerprint density at radius 1 is 1.17 bits per heavy atom. The van der Waals surface area contributed by atoms with E-state index in [9.17, 15) is 4.79 Å². The molecule has 0 aliphatic rings. The molecule has 0 bridgehead atoms. The van der Waals surface area contributed by atoms with Gasteiger partial charge in [0.2, 0.25) is 0 Å². The van der Waals surface area contributed by atoms with Gasteiger partial charge in [-0.15, -0.1) is 0 Å². The summed E-state index contributed by atoms with van der Waals surface area (Å²) in [5, 5.41) is 0. The third kappa shape index (κ3) is 2.84. The number of carbonyl (C=O) groups excluding carboxylic acids is 1. The van der Waals surface area contributed by atoms with E-state index in [-0.39, 0.29) is 5.91 Å². The van der Waals surface area contributed by atoms with Crippen LogP contribution in [-0.2, 0) is 6.42 Å². The molecule has 23 heavy (non-hydrogen) atoms. The second kappa shape index (κ2) is 6.24. The topological polar surface area (TPSA) is 37.6 Å². The molecular weight excluding hydrogens is 286 g/mol. The number of amides is 1. The minimum absolute atomic E-state index is 0.0299. The maximum absolute atomic E-state index is 13.1. The Morgan fingerprint density at radius 2 is 1.91 bits per heavy atom. The average molecular weight is 307 g/mol. The van der Waals surface area contributed by atoms with E-state index in [4.69, 9.17) is 0 Å². The van der Waals surface area contributed by atoms with Gasteiger partial charge in [-0.2, -0.15) is 0 Å². The molecule has 0 aliphatic heterocycles. The number of anilines is 1. The Bertz CT molecular complexity index is 836. The summed E-state index contributed by atoms with van der Waals surface area (Å²) in [7, 11) is 1.81. The zero-order valence-electron chi connectivity index (χ0n) is 13.8. The Morgan fingerprint density at radius 3 is 2.61 bits per heavy atom. The van der Waals surface area contributed by atoms with Gasteiger partial charge in [-0.3, -0.25) is 9.20 Å². The maximum atomic E-state index is 13.1. The number of fused-ring (bicyclic) bond motifs is 1. The zero-order valence-corrected chi connectivity index (χ0v) is 13.8. The highest BCUT2D eigenvalue weighted by Gasteiger charge is 2.22. The van der Waals surface area contributed by atoms with Gasteiger partial charge in [0.1, 0.15) is 11.3 Å². The lowest BCUT2D eigenvalue weighted by molar-refractivity contribution is 0.0986. The second-order valence-corrected chi connectivity index (χ2v) is 5.79. The molecule has 3 aromatic rings. The number of hydrogen-bond acceptors (Lipinski definition) is 2. The van der Waals surface area contributed by atoms with Crippen LogP contribution in [0.5, 0.6) is 0 Å². The van der Waals surface area contributed by atoms with Gasteiger partial charge in [0.05, 0.1) is 5.69 Å². The summed E-state index contributed by atoms with van der Waals surface area (Å²) >= 11 is 0. The number of benzene rings is 1. The molecule has 0 spiro atoms. The van der Waals surface area contributed by atoms with Crippen LogP contribution < -0.4 is 4.90 Å². The van der Waals surface area contributed by atoms with Crippen LogP contribution in [0.4, 0.5) is 5.69 Å². The number of pyridine rings is 1. The predicted octanol–water partition coefficient (Wildman–Crippen LogP) is 3.87. The summed E-state index contributed by atoms with van der Waals surface area (Å²) in [5.74, 6) is -0.0299. The fraction of sp³-hybridized carbons (Fsp3) is 0.263. The number of aryl methyl sites for hydroxylation is 2. The smallest absolute Gasteiger partial charge is 0.276 e. The van der Waals surface area contributed by atoms with E-state index < -0.39 is 0 Å². The minimum atomic E-state index is -0.0299. The number of aromatic nitrogens is 2. The summed E-state index contributed by atoms with van der Waals surface area (Å²) < 4.78 is 1.92. The van der Waals surface area contributed by atoms with Gasteiger partial charge in [0, 0.05) is 18.9 Å². The van der Waals surface area contributed by atoms with Crippen LogP contribution in [0.1, 0.15) is 35.1 Å². The van der Waals surface area contributed by atoms with Crippen molar-refractivity contribution in [2.75, 3.05) is 11.9 Å². The Hall–Kier alpha value is -2.62. The summed E-state index contributed by atoms with van der Waals surface area (Å²) in [6.07, 6.45) is 3.73. The molecule has 0 saturated heterocycles. The molecule has 0 radical (unpaired) electrons. The maximum Gasteiger partial charge on any atom is 0.276 e. The quantitative estimate of drug-likeness (QED) is 0.734. The van der Waals surface area contributed by atoms with Crippen LogP contribution in [-0.4, -0.2) is 22.3 Å². The molecule has 4 heteroatoms. The summed E-state index contributed by atoms with van der Waals surface area (Å²) in [6, 6.07) is 13.7. The van der Waals surface area contributed by atoms with Crippen molar-refractivity contribution in [3.05, 3.63) is 65.6 Å². The number of carbonyl (C=O) groups is 1. The SMILES string of the molecule is CCCc1nc2ccc(C)cn2c1C(=O)N(C)c1ccccc1. The van der Waals surface area contributed by atoms with Crippen molar-refractivity contribution < 1.29 is 4.79 Å². The van der Waals surface area contributed by atoms with Crippen molar-refractivity contribution in [2.24, 2.45) is 0 Å². The van der Waals surface area contributed by atoms with Crippen LogP contribution in [0.15, 0.2) is 48.7 Å². The fourth-order valence-corrected chi connectivity index (χ4v) is 2.76. The highest BCUT2D eigenvalue weighted by molar-refractivity contribution is 6.06. The number of para-hydroxylation sites is 1. The first-order chi connectivity index (χ1) is 11.1. The second-order valence-electron chi connectivity index (χ2n) is 5.79. The van der Waals surface area contributed by atoms with E-state index in [1.54, 1.807) is 4.90 Å². The van der Waals surface area contributed by atoms with E-state index in [1.165, 1.54) is 0 Å². The monoisotopic (exact) mass is 307 g/mol. The van der Waals surface area contributed by atoms with Gasteiger partial charge in [0.15, 0.2) is 0 Å². The largest absolute Gasteiger partial charge is 0.310 e. The molecule has 2 heterocycles. The van der Waals surface area contributed by atoms with Crippen molar-refractivity contribution in [3.8, 4) is 0 Å². The number of hydrogen-bond donors (Lipinski definition) is 0. The van der Waals surface area contributed by atoms with Crippen LogP contribution in [0.25, 0.3) is 5.65 Å². The normalized spacial score (nSPS) is 10.9. The van der Waals surface area contributed by atoms with E-state index >= 15 is 0 Å². The molecule has 0 aliphatic carbocycles. The molecule has 2 aromatic heterocycles. The van der Waals surface area contributed by atoms with Crippen LogP contribution in [0.2, 0.25) is 0 Å². The molecule has 4 nitrogen and oxygen atoms in total. The standard InChI is InChI=1S/C19H21N3O/c1-4-8-16-18(22-13-14(2)11-12-17(22)20-16)19(23)21(3)15-9-6-5-7-10-15/h5-7,9-13H,4,8H2,1-3H3. The number of nitrogens with zero attached hydrogens (tertiary/aromatic N) is 3. The van der Waals surface area contributed by atoms with Crippen LogP contribution in [0.3, 0.4) is 0 Å². The van der Waals surface area contributed by atoms with Crippen LogP contribution >= 0.6 is 0 Å². The molecule has 0 atom stereocenters. The van der Waals surface area contributed by atoms with Gasteiger partial charge < -0.3 is 4.90 Å². The van der Waals surface area contributed by atoms with Crippen molar-refractivity contribution >= 4 is 17.2 Å². The first-order valence-electron chi connectivity index (χ1n) is 7.92. The molecule has 3 rings (SSSR count). The van der Waals surface area contributed by atoms with Crippen molar-refractivity contribution in [2.45, 2.75) is 26.7 Å². The Kier molecular flexibility index (Phi) is 4.15. The molecule has 0 unspecified atom stereocenters. The molecule has 118 valence electrons. The summed E-state index contributed by atoms with van der Waals surface area (Å²) in [4.78, 5) is 19.4. The van der Waals surface area contributed by atoms with E-state index in [1.807, 2.05) is 67.0 Å². The highest BCUT2D eigenvalue weighted by Crippen LogP contribution is 2.20. The lowest BCUT2D eigenvalue weighted by atomic mass is 10.2. The number of rotatable bonds is 4. The minimum Gasteiger partial charge on any atom is -0.310 e. The van der Waals surface area contributed by atoms with Gasteiger partial charge in [-0.1, -0.05) is 37.6 Å². The Labute approximate surface area is 136 Å². The lowest BCUT2D eigenvalue weighted by Gasteiger charge is -2.18. The van der Waals surface area contributed by atoms with E-state index in [0.29, 0.717) is 5.69 Å². The third-order valence-corrected chi connectivity index (χ3v) is 3.98. The van der Waals surface area contributed by atoms with Gasteiger partial charge >= 0.3 is 0 Å². The van der Waals surface area contributed by atoms with E-state index in [0.717, 1.165) is 35.4 Å². The zero-order chi connectivity index (χ0) is 16.4. The van der Waals surface area contributed by atoms with Crippen molar-refractivity contribution in [1.29, 1.82) is 0 Å². The third-order valence-electron chi connectivity index (χ3n) is 3.98. The molecule has 0 N–H and O–H groups in total. The molecule has 1 amide bonds.